The number of nitrogens with zero attached hydrogens (tertiary/aromatic N) is 4. The fourth-order valence-electron chi connectivity index (χ4n) is 1.48. The highest BCUT2D eigenvalue weighted by Gasteiger charge is 2.19. The van der Waals surface area contributed by atoms with Gasteiger partial charge in [0, 0.05) is 19.3 Å². The van der Waals surface area contributed by atoms with Gasteiger partial charge in [0.25, 0.3) is 10.0 Å². The van der Waals surface area contributed by atoms with Crippen molar-refractivity contribution in [1.29, 1.82) is 5.26 Å². The molecule has 0 amide bonds. The van der Waals surface area contributed by atoms with Crippen LogP contribution in [0.15, 0.2) is 29.7 Å². The van der Waals surface area contributed by atoms with Gasteiger partial charge in [-0.2, -0.15) is 5.26 Å². The van der Waals surface area contributed by atoms with E-state index in [1.807, 2.05) is 6.07 Å². The van der Waals surface area contributed by atoms with Crippen LogP contribution in [0, 0.1) is 11.3 Å². The maximum Gasteiger partial charge on any atom is 0.264 e. The number of nitrogens with one attached hydrogen (secondary N) is 1. The van der Waals surface area contributed by atoms with Crippen LogP contribution >= 0.6 is 0 Å². The lowest BCUT2D eigenvalue weighted by Gasteiger charge is -2.07. The second-order valence-corrected chi connectivity index (χ2v) is 5.51. The van der Waals surface area contributed by atoms with Crippen molar-refractivity contribution in [3.63, 3.8) is 0 Å². The highest BCUT2D eigenvalue weighted by molar-refractivity contribution is 7.92. The molecule has 0 aliphatic carbocycles. The van der Waals surface area contributed by atoms with Gasteiger partial charge in [-0.15, -0.1) is 0 Å². The van der Waals surface area contributed by atoms with Crippen molar-refractivity contribution >= 4 is 15.8 Å². The number of sulfonamides is 1. The Morgan fingerprint density at radius 2 is 2.20 bits per heavy atom. The molecule has 0 aliphatic heterocycles. The molecule has 2 rings (SSSR count). The van der Waals surface area contributed by atoms with E-state index >= 15 is 0 Å². The minimum atomic E-state index is -3.88. The van der Waals surface area contributed by atoms with E-state index in [0.717, 1.165) is 0 Å². The number of aromatic nitrogens is 3. The molecule has 8 nitrogen and oxygen atoms in total. The van der Waals surface area contributed by atoms with Crippen LogP contribution in [0.2, 0.25) is 0 Å². The van der Waals surface area contributed by atoms with Crippen LogP contribution in [-0.2, 0) is 17.1 Å². The third-order valence-corrected chi connectivity index (χ3v) is 3.81. The van der Waals surface area contributed by atoms with Crippen molar-refractivity contribution in [1.82, 2.24) is 14.5 Å². The quantitative estimate of drug-likeness (QED) is 0.878. The third-order valence-electron chi connectivity index (χ3n) is 2.51. The second kappa shape index (κ2) is 5.18. The predicted molar refractivity (Wildman–Crippen MR) is 69.5 cm³/mol. The standard InChI is InChI=1S/C11H11N5O3S/c1-16-7-14-11(10(16)4-12)15-20(17,18)9-3-8(19-2)5-13-6-9/h3,5-7,15H,1-2H3. The minimum absolute atomic E-state index is 0.0298. The Labute approximate surface area is 115 Å². The molecule has 0 aromatic carbocycles. The zero-order valence-electron chi connectivity index (χ0n) is 10.7. The van der Waals surface area contributed by atoms with E-state index in [-0.39, 0.29) is 16.4 Å². The number of hydrogen-bond acceptors (Lipinski definition) is 6. The van der Waals surface area contributed by atoms with Gasteiger partial charge in [-0.05, 0) is 0 Å². The number of rotatable bonds is 4. The van der Waals surface area contributed by atoms with Crippen molar-refractivity contribution in [2.45, 2.75) is 4.90 Å². The van der Waals surface area contributed by atoms with Gasteiger partial charge >= 0.3 is 0 Å². The molecule has 0 unspecified atom stereocenters. The normalized spacial score (nSPS) is 10.8. The summed E-state index contributed by atoms with van der Waals surface area (Å²) in [5.41, 5.74) is 0.115. The Kier molecular flexibility index (Phi) is 3.58. The molecule has 0 radical (unpaired) electrons. The summed E-state index contributed by atoms with van der Waals surface area (Å²) in [6.07, 6.45) is 3.92. The Hall–Kier alpha value is -2.60. The summed E-state index contributed by atoms with van der Waals surface area (Å²) in [7, 11) is -0.881. The van der Waals surface area contributed by atoms with Crippen molar-refractivity contribution < 1.29 is 13.2 Å². The summed E-state index contributed by atoms with van der Waals surface area (Å²) in [5, 5.41) is 8.96. The van der Waals surface area contributed by atoms with Crippen LogP contribution in [0.5, 0.6) is 5.75 Å². The molecule has 0 aliphatic rings. The maximum atomic E-state index is 12.2. The van der Waals surface area contributed by atoms with E-state index in [1.165, 1.54) is 36.5 Å². The van der Waals surface area contributed by atoms with Crippen LogP contribution in [0.4, 0.5) is 5.82 Å². The van der Waals surface area contributed by atoms with Crippen molar-refractivity contribution in [2.24, 2.45) is 7.05 Å². The predicted octanol–water partition coefficient (Wildman–Crippen LogP) is 0.496. The molecule has 0 atom stereocenters. The first-order chi connectivity index (χ1) is 9.47. The van der Waals surface area contributed by atoms with Gasteiger partial charge in [0.2, 0.25) is 0 Å². The lowest BCUT2D eigenvalue weighted by molar-refractivity contribution is 0.411. The molecular weight excluding hydrogens is 282 g/mol. The van der Waals surface area contributed by atoms with E-state index < -0.39 is 10.0 Å². The van der Waals surface area contributed by atoms with Crippen LogP contribution in [0.1, 0.15) is 5.69 Å². The zero-order chi connectivity index (χ0) is 14.8. The molecule has 2 aromatic rings. The molecule has 2 heterocycles. The molecule has 0 bridgehead atoms. The first kappa shape index (κ1) is 13.8. The molecular formula is C11H11N5O3S. The summed E-state index contributed by atoms with van der Waals surface area (Å²) in [6, 6.07) is 3.20. The molecule has 0 saturated carbocycles. The Morgan fingerprint density at radius 3 is 2.85 bits per heavy atom. The lowest BCUT2D eigenvalue weighted by atomic mass is 10.5. The molecule has 0 saturated heterocycles. The molecule has 0 spiro atoms. The van der Waals surface area contributed by atoms with E-state index in [2.05, 4.69) is 14.7 Å². The SMILES string of the molecule is COc1cncc(S(=O)(=O)Nc2ncn(C)c2C#N)c1. The number of methoxy groups -OCH3 is 1. The van der Waals surface area contributed by atoms with Gasteiger partial charge < -0.3 is 9.30 Å². The third kappa shape index (κ3) is 2.55. The summed E-state index contributed by atoms with van der Waals surface area (Å²) < 4.78 is 33.0. The number of pyridine rings is 1. The Morgan fingerprint density at radius 1 is 1.45 bits per heavy atom. The van der Waals surface area contributed by atoms with Gasteiger partial charge in [-0.1, -0.05) is 0 Å². The summed E-state index contributed by atoms with van der Waals surface area (Å²) in [5.74, 6) is 0.284. The highest BCUT2D eigenvalue weighted by Crippen LogP contribution is 2.19. The molecule has 9 heteroatoms. The van der Waals surface area contributed by atoms with Gasteiger partial charge in [0.1, 0.15) is 16.7 Å². The molecule has 0 fully saturated rings. The fraction of sp³-hybridized carbons (Fsp3) is 0.182. The van der Waals surface area contributed by atoms with Gasteiger partial charge in [-0.3, -0.25) is 9.71 Å². The van der Waals surface area contributed by atoms with Crippen molar-refractivity contribution in [3.8, 4) is 11.8 Å². The van der Waals surface area contributed by atoms with E-state index in [9.17, 15) is 8.42 Å². The van der Waals surface area contributed by atoms with E-state index in [1.54, 1.807) is 7.05 Å². The van der Waals surface area contributed by atoms with Gasteiger partial charge in [0.05, 0.1) is 19.6 Å². The number of anilines is 1. The molecule has 20 heavy (non-hydrogen) atoms. The summed E-state index contributed by atoms with van der Waals surface area (Å²) in [6.45, 7) is 0. The number of aryl methyl sites for hydroxylation is 1. The van der Waals surface area contributed by atoms with E-state index in [0.29, 0.717) is 5.75 Å². The number of imidazole rings is 1. The summed E-state index contributed by atoms with van der Waals surface area (Å²) in [4.78, 5) is 7.54. The van der Waals surface area contributed by atoms with Gasteiger partial charge in [0.15, 0.2) is 11.5 Å². The van der Waals surface area contributed by atoms with Crippen molar-refractivity contribution in [2.75, 3.05) is 11.8 Å². The van der Waals surface area contributed by atoms with Crippen LogP contribution in [0.3, 0.4) is 0 Å². The number of ether oxygens (including phenoxy) is 1. The van der Waals surface area contributed by atoms with E-state index in [4.69, 9.17) is 10.00 Å². The first-order valence-corrected chi connectivity index (χ1v) is 6.89. The van der Waals surface area contributed by atoms with Crippen LogP contribution in [0.25, 0.3) is 0 Å². The fourth-order valence-corrected chi connectivity index (χ4v) is 2.47. The van der Waals surface area contributed by atoms with Crippen molar-refractivity contribution in [3.05, 3.63) is 30.5 Å². The highest BCUT2D eigenvalue weighted by atomic mass is 32.2. The average Bonchev–Trinajstić information content (AvgIpc) is 2.78. The number of hydrogen-bond donors (Lipinski definition) is 1. The summed E-state index contributed by atoms with van der Waals surface area (Å²) >= 11 is 0. The Balaban J connectivity index is 2.38. The van der Waals surface area contributed by atoms with Gasteiger partial charge in [-0.25, -0.2) is 13.4 Å². The average molecular weight is 293 g/mol. The second-order valence-electron chi connectivity index (χ2n) is 3.83. The molecule has 104 valence electrons. The first-order valence-electron chi connectivity index (χ1n) is 5.41. The molecule has 1 N–H and O–H groups in total. The minimum Gasteiger partial charge on any atom is -0.495 e. The lowest BCUT2D eigenvalue weighted by Crippen LogP contribution is -2.14. The number of nitriles is 1. The van der Waals surface area contributed by atoms with Crippen LogP contribution < -0.4 is 9.46 Å². The Bertz CT molecular complexity index is 776. The monoisotopic (exact) mass is 293 g/mol. The maximum absolute atomic E-state index is 12.2. The largest absolute Gasteiger partial charge is 0.495 e. The zero-order valence-corrected chi connectivity index (χ0v) is 11.5. The molecule has 2 aromatic heterocycles. The topological polar surface area (TPSA) is 110 Å². The van der Waals surface area contributed by atoms with Crippen LogP contribution in [-0.4, -0.2) is 30.1 Å². The smallest absolute Gasteiger partial charge is 0.264 e.